The lowest BCUT2D eigenvalue weighted by molar-refractivity contribution is 0.0913. The standard InChI is InChI=1S/C25H27ClN4O3S.ClH/c1-34(32,33)21-7-2-4-17(14-21)23-28-13-10-22(30-23)24(31)29-20-8-11-25(16-27,12-9-20)18-5-3-6-19(26)15-18;/h2-7,10,13-15,20H,8-9,11-12,16,27H2,1H3,(H,29,31);1H. The Morgan fingerprint density at radius 3 is 2.51 bits per heavy atom. The molecule has 0 spiro atoms. The van der Waals surface area contributed by atoms with Gasteiger partial charge < -0.3 is 11.1 Å². The van der Waals surface area contributed by atoms with Crippen molar-refractivity contribution < 1.29 is 13.2 Å². The molecular formula is C25H28Cl2N4O3S. The molecule has 1 aliphatic rings. The first-order valence-electron chi connectivity index (χ1n) is 11.1. The van der Waals surface area contributed by atoms with E-state index >= 15 is 0 Å². The van der Waals surface area contributed by atoms with E-state index in [2.05, 4.69) is 21.4 Å². The third-order valence-corrected chi connectivity index (χ3v) is 7.86. The van der Waals surface area contributed by atoms with E-state index in [4.69, 9.17) is 17.3 Å². The zero-order chi connectivity index (χ0) is 24.3. The number of nitrogens with two attached hydrogens (primary N) is 1. The van der Waals surface area contributed by atoms with Crippen LogP contribution in [0.25, 0.3) is 11.4 Å². The summed E-state index contributed by atoms with van der Waals surface area (Å²) < 4.78 is 23.7. The highest BCUT2D eigenvalue weighted by Crippen LogP contribution is 2.39. The molecule has 0 radical (unpaired) electrons. The maximum Gasteiger partial charge on any atom is 0.270 e. The Kier molecular flexibility index (Phi) is 8.54. The van der Waals surface area contributed by atoms with Crippen LogP contribution in [0.1, 0.15) is 41.7 Å². The molecule has 2 aromatic carbocycles. The third kappa shape index (κ3) is 6.19. The molecule has 0 aliphatic heterocycles. The second-order valence-electron chi connectivity index (χ2n) is 8.81. The molecule has 1 heterocycles. The van der Waals surface area contributed by atoms with Crippen molar-refractivity contribution in [1.82, 2.24) is 15.3 Å². The number of nitrogens with one attached hydrogen (secondary N) is 1. The number of hydrogen-bond acceptors (Lipinski definition) is 6. The summed E-state index contributed by atoms with van der Waals surface area (Å²) in [6.07, 6.45) is 5.94. The molecule has 1 saturated carbocycles. The maximum atomic E-state index is 12.9. The van der Waals surface area contributed by atoms with Gasteiger partial charge in [-0.1, -0.05) is 35.9 Å². The summed E-state index contributed by atoms with van der Waals surface area (Å²) >= 11 is 6.20. The van der Waals surface area contributed by atoms with Crippen LogP contribution in [0.5, 0.6) is 0 Å². The molecule has 0 unspecified atom stereocenters. The van der Waals surface area contributed by atoms with Crippen molar-refractivity contribution >= 4 is 39.8 Å². The molecule has 3 N–H and O–H groups in total. The van der Waals surface area contributed by atoms with Gasteiger partial charge in [-0.05, 0) is 61.6 Å². The topological polar surface area (TPSA) is 115 Å². The molecule has 1 aliphatic carbocycles. The van der Waals surface area contributed by atoms with Gasteiger partial charge in [-0.2, -0.15) is 0 Å². The van der Waals surface area contributed by atoms with Crippen molar-refractivity contribution in [3.63, 3.8) is 0 Å². The van der Waals surface area contributed by atoms with Gasteiger partial charge in [0.25, 0.3) is 5.91 Å². The van der Waals surface area contributed by atoms with Gasteiger partial charge >= 0.3 is 0 Å². The van der Waals surface area contributed by atoms with Crippen molar-refractivity contribution in [2.75, 3.05) is 12.8 Å². The highest BCUT2D eigenvalue weighted by atomic mass is 35.5. The average Bonchev–Trinajstić information content (AvgIpc) is 2.84. The van der Waals surface area contributed by atoms with Crippen LogP contribution in [-0.2, 0) is 15.3 Å². The Bertz CT molecular complexity index is 1310. The number of carbonyl (C=O) groups is 1. The van der Waals surface area contributed by atoms with Crippen molar-refractivity contribution in [3.05, 3.63) is 77.1 Å². The van der Waals surface area contributed by atoms with Crippen molar-refractivity contribution in [2.24, 2.45) is 5.73 Å². The van der Waals surface area contributed by atoms with Crippen LogP contribution in [0.3, 0.4) is 0 Å². The Labute approximate surface area is 216 Å². The summed E-state index contributed by atoms with van der Waals surface area (Å²) in [5.41, 5.74) is 7.95. The minimum atomic E-state index is -3.36. The molecule has 0 bridgehead atoms. The molecule has 1 fully saturated rings. The molecule has 0 saturated heterocycles. The third-order valence-electron chi connectivity index (χ3n) is 6.51. The van der Waals surface area contributed by atoms with Crippen LogP contribution < -0.4 is 11.1 Å². The van der Waals surface area contributed by atoms with Crippen LogP contribution in [-0.4, -0.2) is 43.1 Å². The number of amides is 1. The van der Waals surface area contributed by atoms with E-state index < -0.39 is 9.84 Å². The summed E-state index contributed by atoms with van der Waals surface area (Å²) in [5.74, 6) is 0.0146. The fourth-order valence-electron chi connectivity index (χ4n) is 4.49. The molecule has 3 aromatic rings. The lowest BCUT2D eigenvalue weighted by Crippen LogP contribution is -2.45. The number of aromatic nitrogens is 2. The van der Waals surface area contributed by atoms with E-state index in [9.17, 15) is 13.2 Å². The highest BCUT2D eigenvalue weighted by molar-refractivity contribution is 7.90. The predicted molar refractivity (Wildman–Crippen MR) is 140 cm³/mol. The van der Waals surface area contributed by atoms with Crippen LogP contribution >= 0.6 is 24.0 Å². The van der Waals surface area contributed by atoms with Gasteiger partial charge in [0.1, 0.15) is 5.69 Å². The number of nitrogens with zero attached hydrogens (tertiary/aromatic N) is 2. The first-order valence-corrected chi connectivity index (χ1v) is 13.4. The Hall–Kier alpha value is -2.52. The zero-order valence-corrected chi connectivity index (χ0v) is 21.7. The fraction of sp³-hybridized carbons (Fsp3) is 0.320. The Balaban J connectivity index is 0.00000342. The van der Waals surface area contributed by atoms with E-state index in [1.165, 1.54) is 18.3 Å². The van der Waals surface area contributed by atoms with E-state index in [0.29, 0.717) is 23.0 Å². The van der Waals surface area contributed by atoms with E-state index in [1.807, 2.05) is 18.2 Å². The first kappa shape index (κ1) is 27.1. The first-order chi connectivity index (χ1) is 16.2. The van der Waals surface area contributed by atoms with Gasteiger partial charge in [0.15, 0.2) is 15.7 Å². The van der Waals surface area contributed by atoms with Crippen LogP contribution in [0.15, 0.2) is 65.7 Å². The second-order valence-corrected chi connectivity index (χ2v) is 11.3. The molecular weight excluding hydrogens is 507 g/mol. The summed E-state index contributed by atoms with van der Waals surface area (Å²) in [4.78, 5) is 21.7. The number of hydrogen-bond donors (Lipinski definition) is 2. The number of halogens is 2. The number of rotatable bonds is 6. The molecule has 1 amide bonds. The molecule has 7 nitrogen and oxygen atoms in total. The number of sulfone groups is 1. The molecule has 1 aromatic heterocycles. The lowest BCUT2D eigenvalue weighted by atomic mass is 9.68. The van der Waals surface area contributed by atoms with E-state index in [1.54, 1.807) is 18.2 Å². The smallest absolute Gasteiger partial charge is 0.270 e. The summed E-state index contributed by atoms with van der Waals surface area (Å²) in [5, 5.41) is 3.78. The zero-order valence-electron chi connectivity index (χ0n) is 19.3. The monoisotopic (exact) mass is 534 g/mol. The number of carbonyl (C=O) groups excluding carboxylic acids is 1. The van der Waals surface area contributed by atoms with Crippen LogP contribution in [0, 0.1) is 0 Å². The fourth-order valence-corrected chi connectivity index (χ4v) is 5.35. The average molecular weight is 535 g/mol. The van der Waals surface area contributed by atoms with Crippen molar-refractivity contribution in [2.45, 2.75) is 42.0 Å². The van der Waals surface area contributed by atoms with Gasteiger partial charge in [-0.25, -0.2) is 18.4 Å². The minimum Gasteiger partial charge on any atom is -0.348 e. The Morgan fingerprint density at radius 1 is 1.14 bits per heavy atom. The highest BCUT2D eigenvalue weighted by Gasteiger charge is 2.36. The number of benzene rings is 2. The quantitative estimate of drug-likeness (QED) is 0.489. The summed E-state index contributed by atoms with van der Waals surface area (Å²) in [6, 6.07) is 15.8. The van der Waals surface area contributed by atoms with Gasteiger partial charge in [0.05, 0.1) is 4.90 Å². The predicted octanol–water partition coefficient (Wildman–Crippen LogP) is 4.19. The molecule has 10 heteroatoms. The largest absolute Gasteiger partial charge is 0.348 e. The van der Waals surface area contributed by atoms with Gasteiger partial charge in [-0.3, -0.25) is 4.79 Å². The van der Waals surface area contributed by atoms with Gasteiger partial charge in [-0.15, -0.1) is 12.4 Å². The van der Waals surface area contributed by atoms with Crippen LogP contribution in [0.4, 0.5) is 0 Å². The molecule has 35 heavy (non-hydrogen) atoms. The van der Waals surface area contributed by atoms with Gasteiger partial charge in [0.2, 0.25) is 0 Å². The maximum absolute atomic E-state index is 12.9. The molecule has 186 valence electrons. The summed E-state index contributed by atoms with van der Waals surface area (Å²) in [7, 11) is -3.36. The molecule has 0 atom stereocenters. The molecule has 4 rings (SSSR count). The SMILES string of the molecule is CS(=O)(=O)c1cccc(-c2nccc(C(=O)NC3CCC(CN)(c4cccc(Cl)c4)CC3)n2)c1.Cl. The minimum absolute atomic E-state index is 0. The van der Waals surface area contributed by atoms with E-state index in [0.717, 1.165) is 37.5 Å². The lowest BCUT2D eigenvalue weighted by Gasteiger charge is -2.40. The Morgan fingerprint density at radius 2 is 1.86 bits per heavy atom. The second kappa shape index (κ2) is 11.0. The van der Waals surface area contributed by atoms with Crippen molar-refractivity contribution in [3.8, 4) is 11.4 Å². The summed E-state index contributed by atoms with van der Waals surface area (Å²) in [6.45, 7) is 0.524. The normalized spacial score (nSPS) is 20.0. The van der Waals surface area contributed by atoms with E-state index in [-0.39, 0.29) is 40.4 Å². The van der Waals surface area contributed by atoms with Crippen molar-refractivity contribution in [1.29, 1.82) is 0 Å². The van der Waals surface area contributed by atoms with Crippen LogP contribution in [0.2, 0.25) is 5.02 Å². The van der Waals surface area contributed by atoms with Gasteiger partial charge in [0, 0.05) is 41.0 Å².